The van der Waals surface area contributed by atoms with Crippen LogP contribution in [0.3, 0.4) is 0 Å². The first-order valence-electron chi connectivity index (χ1n) is 9.00. The first-order chi connectivity index (χ1) is 13.2. The van der Waals surface area contributed by atoms with Crippen LogP contribution >= 0.6 is 0 Å². The van der Waals surface area contributed by atoms with Crippen molar-refractivity contribution in [3.8, 4) is 11.5 Å². The molecule has 0 aromatic heterocycles. The van der Waals surface area contributed by atoms with Gasteiger partial charge in [-0.05, 0) is 36.8 Å². The summed E-state index contributed by atoms with van der Waals surface area (Å²) < 4.78 is 11.5. The zero-order valence-electron chi connectivity index (χ0n) is 15.3. The number of carbonyl (C=O) groups is 1. The molecule has 1 amide bonds. The summed E-state index contributed by atoms with van der Waals surface area (Å²) in [6.07, 6.45) is 0.231. The summed E-state index contributed by atoms with van der Waals surface area (Å²) in [6.45, 7) is 2.30. The average molecular weight is 361 g/mol. The van der Waals surface area contributed by atoms with Gasteiger partial charge in [0.05, 0.1) is 6.61 Å². The van der Waals surface area contributed by atoms with Gasteiger partial charge in [-0.2, -0.15) is 0 Å². The Bertz CT molecular complexity index is 850. The number of amides is 1. The van der Waals surface area contributed by atoms with Crippen LogP contribution in [0.25, 0.3) is 0 Å². The van der Waals surface area contributed by atoms with Crippen molar-refractivity contribution in [2.75, 3.05) is 11.9 Å². The minimum Gasteiger partial charge on any atom is -0.493 e. The Labute approximate surface area is 159 Å². The van der Waals surface area contributed by atoms with Crippen molar-refractivity contribution < 1.29 is 14.3 Å². The normalized spacial score (nSPS) is 11.4. The second kappa shape index (κ2) is 9.43. The lowest BCUT2D eigenvalue weighted by Gasteiger charge is -2.15. The van der Waals surface area contributed by atoms with E-state index in [1.165, 1.54) is 5.56 Å². The molecule has 0 aliphatic rings. The number of hydrogen-bond donors (Lipinski definition) is 1. The number of hydrogen-bond acceptors (Lipinski definition) is 3. The second-order valence-electron chi connectivity index (χ2n) is 6.17. The summed E-state index contributed by atoms with van der Waals surface area (Å²) in [6, 6.07) is 26.9. The number of carbonyl (C=O) groups excluding carboxylic acids is 1. The fourth-order valence-corrected chi connectivity index (χ4v) is 2.60. The predicted molar refractivity (Wildman–Crippen MR) is 107 cm³/mol. The highest BCUT2D eigenvalue weighted by Crippen LogP contribution is 2.19. The van der Waals surface area contributed by atoms with Gasteiger partial charge in [0.15, 0.2) is 6.10 Å². The van der Waals surface area contributed by atoms with Crippen LogP contribution in [0.1, 0.15) is 12.5 Å². The van der Waals surface area contributed by atoms with Crippen LogP contribution in [-0.2, 0) is 11.2 Å². The SMILES string of the molecule is CC(Oc1ccccc1)C(=O)Nc1cccc(OCCc2ccccc2)c1. The number of para-hydroxylation sites is 1. The second-order valence-corrected chi connectivity index (χ2v) is 6.17. The van der Waals surface area contributed by atoms with Crippen molar-refractivity contribution in [3.63, 3.8) is 0 Å². The molecule has 0 aliphatic carbocycles. The number of ether oxygens (including phenoxy) is 2. The van der Waals surface area contributed by atoms with Gasteiger partial charge in [-0.1, -0.05) is 54.6 Å². The molecular formula is C23H23NO3. The molecular weight excluding hydrogens is 338 g/mol. The third-order valence-corrected chi connectivity index (χ3v) is 4.03. The number of anilines is 1. The van der Waals surface area contributed by atoms with Crippen LogP contribution in [0.2, 0.25) is 0 Å². The molecule has 3 aromatic rings. The van der Waals surface area contributed by atoms with E-state index in [9.17, 15) is 4.79 Å². The molecule has 0 spiro atoms. The molecule has 0 saturated heterocycles. The van der Waals surface area contributed by atoms with Crippen molar-refractivity contribution in [1.29, 1.82) is 0 Å². The number of nitrogens with one attached hydrogen (secondary N) is 1. The van der Waals surface area contributed by atoms with E-state index >= 15 is 0 Å². The van der Waals surface area contributed by atoms with E-state index < -0.39 is 6.10 Å². The lowest BCUT2D eigenvalue weighted by Crippen LogP contribution is -2.30. The maximum absolute atomic E-state index is 12.4. The average Bonchev–Trinajstić information content (AvgIpc) is 2.70. The summed E-state index contributed by atoms with van der Waals surface area (Å²) in [5.41, 5.74) is 1.91. The van der Waals surface area contributed by atoms with Gasteiger partial charge in [0, 0.05) is 18.2 Å². The van der Waals surface area contributed by atoms with Gasteiger partial charge in [-0.25, -0.2) is 0 Å². The third-order valence-electron chi connectivity index (χ3n) is 4.03. The third kappa shape index (κ3) is 5.89. The Morgan fingerprint density at radius 1 is 0.889 bits per heavy atom. The molecule has 1 atom stereocenters. The molecule has 0 aliphatic heterocycles. The summed E-state index contributed by atoms with van der Waals surface area (Å²) >= 11 is 0. The molecule has 27 heavy (non-hydrogen) atoms. The molecule has 0 saturated carbocycles. The summed E-state index contributed by atoms with van der Waals surface area (Å²) in [4.78, 5) is 12.4. The first kappa shape index (κ1) is 18.5. The summed E-state index contributed by atoms with van der Waals surface area (Å²) in [7, 11) is 0. The quantitative estimate of drug-likeness (QED) is 0.632. The fraction of sp³-hybridized carbons (Fsp3) is 0.174. The summed E-state index contributed by atoms with van der Waals surface area (Å²) in [5, 5.41) is 2.87. The molecule has 138 valence electrons. The van der Waals surface area contributed by atoms with E-state index in [1.807, 2.05) is 72.8 Å². The van der Waals surface area contributed by atoms with Gasteiger partial charge in [0.25, 0.3) is 5.91 Å². The van der Waals surface area contributed by atoms with Crippen molar-refractivity contribution in [2.24, 2.45) is 0 Å². The van der Waals surface area contributed by atoms with Gasteiger partial charge in [0.1, 0.15) is 11.5 Å². The zero-order chi connectivity index (χ0) is 18.9. The Hall–Kier alpha value is -3.27. The largest absolute Gasteiger partial charge is 0.493 e. The van der Waals surface area contributed by atoms with Crippen molar-refractivity contribution in [2.45, 2.75) is 19.4 Å². The van der Waals surface area contributed by atoms with E-state index in [2.05, 4.69) is 17.4 Å². The molecule has 1 N–H and O–H groups in total. The van der Waals surface area contributed by atoms with Crippen molar-refractivity contribution in [3.05, 3.63) is 90.5 Å². The van der Waals surface area contributed by atoms with Crippen molar-refractivity contribution in [1.82, 2.24) is 0 Å². The maximum Gasteiger partial charge on any atom is 0.265 e. The van der Waals surface area contributed by atoms with Gasteiger partial charge in [-0.15, -0.1) is 0 Å². The number of rotatable bonds is 8. The van der Waals surface area contributed by atoms with Crippen molar-refractivity contribution >= 4 is 11.6 Å². The van der Waals surface area contributed by atoms with Gasteiger partial charge in [0.2, 0.25) is 0 Å². The van der Waals surface area contributed by atoms with E-state index in [4.69, 9.17) is 9.47 Å². The van der Waals surface area contributed by atoms with Gasteiger partial charge >= 0.3 is 0 Å². The van der Waals surface area contributed by atoms with E-state index in [1.54, 1.807) is 6.92 Å². The van der Waals surface area contributed by atoms with E-state index in [0.717, 1.165) is 12.2 Å². The number of benzene rings is 3. The monoisotopic (exact) mass is 361 g/mol. The van der Waals surface area contributed by atoms with Crippen LogP contribution in [0, 0.1) is 0 Å². The highest BCUT2D eigenvalue weighted by Gasteiger charge is 2.15. The maximum atomic E-state index is 12.4. The lowest BCUT2D eigenvalue weighted by molar-refractivity contribution is -0.122. The lowest BCUT2D eigenvalue weighted by atomic mass is 10.2. The first-order valence-corrected chi connectivity index (χ1v) is 9.00. The Kier molecular flexibility index (Phi) is 6.47. The fourth-order valence-electron chi connectivity index (χ4n) is 2.60. The Balaban J connectivity index is 1.51. The molecule has 0 heterocycles. The minimum atomic E-state index is -0.602. The smallest absolute Gasteiger partial charge is 0.265 e. The topological polar surface area (TPSA) is 47.6 Å². The molecule has 0 radical (unpaired) electrons. The standard InChI is InChI=1S/C23H23NO3/c1-18(27-21-12-6-3-7-13-21)23(25)24-20-11-8-14-22(17-20)26-16-15-19-9-4-2-5-10-19/h2-14,17-18H,15-16H2,1H3,(H,24,25). The molecule has 4 heteroatoms. The van der Waals surface area contributed by atoms with Crippen LogP contribution < -0.4 is 14.8 Å². The predicted octanol–water partition coefficient (Wildman–Crippen LogP) is 4.71. The van der Waals surface area contributed by atoms with Crippen LogP contribution in [0.15, 0.2) is 84.9 Å². The molecule has 3 aromatic carbocycles. The van der Waals surface area contributed by atoms with Crippen LogP contribution in [0.5, 0.6) is 11.5 Å². The zero-order valence-corrected chi connectivity index (χ0v) is 15.3. The van der Waals surface area contributed by atoms with Gasteiger partial charge in [-0.3, -0.25) is 4.79 Å². The molecule has 1 unspecified atom stereocenters. The van der Waals surface area contributed by atoms with Crippen LogP contribution in [0.4, 0.5) is 5.69 Å². The van der Waals surface area contributed by atoms with Crippen LogP contribution in [-0.4, -0.2) is 18.6 Å². The molecule has 0 fully saturated rings. The molecule has 0 bridgehead atoms. The molecule has 3 rings (SSSR count). The summed E-state index contributed by atoms with van der Waals surface area (Å²) in [5.74, 6) is 1.18. The highest BCUT2D eigenvalue weighted by molar-refractivity contribution is 5.94. The molecule has 4 nitrogen and oxygen atoms in total. The van der Waals surface area contributed by atoms with E-state index in [-0.39, 0.29) is 5.91 Å². The Morgan fingerprint density at radius 3 is 2.30 bits per heavy atom. The van der Waals surface area contributed by atoms with E-state index in [0.29, 0.717) is 18.0 Å². The Morgan fingerprint density at radius 2 is 1.56 bits per heavy atom. The van der Waals surface area contributed by atoms with Gasteiger partial charge < -0.3 is 14.8 Å². The highest BCUT2D eigenvalue weighted by atomic mass is 16.5. The minimum absolute atomic E-state index is 0.208.